The van der Waals surface area contributed by atoms with Crippen molar-refractivity contribution >= 4 is 21.9 Å². The van der Waals surface area contributed by atoms with Crippen LogP contribution in [0.2, 0.25) is 0 Å². The quantitative estimate of drug-likeness (QED) is 0.797. The first-order valence-electron chi connectivity index (χ1n) is 4.54. The number of ether oxygens (including phenoxy) is 3. The second kappa shape index (κ2) is 4.21. The van der Waals surface area contributed by atoms with Gasteiger partial charge in [-0.25, -0.2) is 4.79 Å². The summed E-state index contributed by atoms with van der Waals surface area (Å²) in [6, 6.07) is 1.48. The molecule has 1 aliphatic rings. The number of phenols is 1. The van der Waals surface area contributed by atoms with Gasteiger partial charge in [0.25, 0.3) is 0 Å². The molecule has 0 spiro atoms. The smallest absolute Gasteiger partial charge is 0.339 e. The Hall–Kier alpha value is -1.43. The molecule has 5 nitrogen and oxygen atoms in total. The Kier molecular flexibility index (Phi) is 2.91. The molecule has 0 radical (unpaired) electrons. The largest absolute Gasteiger partial charge is 0.503 e. The van der Waals surface area contributed by atoms with Crippen LogP contribution in [0, 0.1) is 0 Å². The van der Waals surface area contributed by atoms with E-state index in [0.29, 0.717) is 19.0 Å². The van der Waals surface area contributed by atoms with Gasteiger partial charge in [0.1, 0.15) is 13.2 Å². The maximum Gasteiger partial charge on any atom is 0.339 e. The molecule has 2 rings (SSSR count). The van der Waals surface area contributed by atoms with Crippen LogP contribution in [0.25, 0.3) is 0 Å². The molecule has 86 valence electrons. The summed E-state index contributed by atoms with van der Waals surface area (Å²) in [6.45, 7) is 0.749. The van der Waals surface area contributed by atoms with E-state index in [1.165, 1.54) is 13.2 Å². The number of aromatic hydroxyl groups is 1. The fraction of sp³-hybridized carbons (Fsp3) is 0.300. The third kappa shape index (κ3) is 1.69. The Bertz CT molecular complexity index is 443. The van der Waals surface area contributed by atoms with E-state index in [1.807, 2.05) is 0 Å². The third-order valence-electron chi connectivity index (χ3n) is 2.15. The lowest BCUT2D eigenvalue weighted by Crippen LogP contribution is -2.16. The van der Waals surface area contributed by atoms with Crippen LogP contribution in [0.3, 0.4) is 0 Å². The summed E-state index contributed by atoms with van der Waals surface area (Å²) in [4.78, 5) is 11.4. The van der Waals surface area contributed by atoms with E-state index in [2.05, 4.69) is 20.7 Å². The number of carbonyl (C=O) groups excluding carboxylic acids is 1. The van der Waals surface area contributed by atoms with Crippen molar-refractivity contribution in [1.29, 1.82) is 0 Å². The molecular weight excluding hydrogens is 280 g/mol. The van der Waals surface area contributed by atoms with Gasteiger partial charge in [-0.2, -0.15) is 0 Å². The first-order valence-corrected chi connectivity index (χ1v) is 5.34. The number of benzene rings is 1. The van der Waals surface area contributed by atoms with Crippen molar-refractivity contribution in [1.82, 2.24) is 0 Å². The number of methoxy groups -OCH3 is 1. The maximum atomic E-state index is 11.4. The Balaban J connectivity index is 2.57. The average molecular weight is 289 g/mol. The Morgan fingerprint density at radius 3 is 2.88 bits per heavy atom. The zero-order chi connectivity index (χ0) is 11.7. The van der Waals surface area contributed by atoms with Crippen LogP contribution in [0.15, 0.2) is 10.5 Å². The van der Waals surface area contributed by atoms with Crippen LogP contribution < -0.4 is 9.47 Å². The molecule has 1 N–H and O–H groups in total. The molecule has 0 aromatic heterocycles. The Morgan fingerprint density at radius 1 is 1.50 bits per heavy atom. The zero-order valence-corrected chi connectivity index (χ0v) is 10.0. The van der Waals surface area contributed by atoms with Crippen LogP contribution in [-0.4, -0.2) is 31.4 Å². The molecule has 1 aromatic rings. The van der Waals surface area contributed by atoms with Crippen molar-refractivity contribution in [3.05, 3.63) is 16.1 Å². The minimum Gasteiger partial charge on any atom is -0.503 e. The third-order valence-corrected chi connectivity index (χ3v) is 2.95. The van der Waals surface area contributed by atoms with Crippen molar-refractivity contribution < 1.29 is 24.1 Å². The molecule has 0 saturated carbocycles. The second-order valence-corrected chi connectivity index (χ2v) is 3.90. The van der Waals surface area contributed by atoms with Crippen molar-refractivity contribution in [2.75, 3.05) is 20.3 Å². The van der Waals surface area contributed by atoms with Gasteiger partial charge in [0.05, 0.1) is 17.1 Å². The number of halogens is 1. The van der Waals surface area contributed by atoms with Crippen LogP contribution in [-0.2, 0) is 4.74 Å². The molecule has 1 heterocycles. The highest BCUT2D eigenvalue weighted by atomic mass is 79.9. The molecule has 0 bridgehead atoms. The first kappa shape index (κ1) is 11.1. The van der Waals surface area contributed by atoms with Crippen molar-refractivity contribution in [3.8, 4) is 17.2 Å². The van der Waals surface area contributed by atoms with Gasteiger partial charge in [-0.15, -0.1) is 0 Å². The molecule has 1 aromatic carbocycles. The van der Waals surface area contributed by atoms with E-state index < -0.39 is 5.97 Å². The highest BCUT2D eigenvalue weighted by Crippen LogP contribution is 2.45. The number of esters is 1. The van der Waals surface area contributed by atoms with Crippen LogP contribution >= 0.6 is 15.9 Å². The molecule has 1 aliphatic heterocycles. The maximum absolute atomic E-state index is 11.4. The topological polar surface area (TPSA) is 65.0 Å². The molecule has 0 saturated heterocycles. The van der Waals surface area contributed by atoms with Crippen LogP contribution in [0.5, 0.6) is 17.2 Å². The molecule has 16 heavy (non-hydrogen) atoms. The molecular formula is C10H9BrO5. The summed E-state index contributed by atoms with van der Waals surface area (Å²) < 4.78 is 15.4. The van der Waals surface area contributed by atoms with E-state index >= 15 is 0 Å². The van der Waals surface area contributed by atoms with Gasteiger partial charge in [-0.3, -0.25) is 0 Å². The summed E-state index contributed by atoms with van der Waals surface area (Å²) >= 11 is 3.11. The van der Waals surface area contributed by atoms with E-state index in [9.17, 15) is 9.90 Å². The van der Waals surface area contributed by atoms with Crippen LogP contribution in [0.1, 0.15) is 10.4 Å². The molecule has 0 atom stereocenters. The van der Waals surface area contributed by atoms with Crippen molar-refractivity contribution in [2.24, 2.45) is 0 Å². The lowest BCUT2D eigenvalue weighted by molar-refractivity contribution is 0.0597. The summed E-state index contributed by atoms with van der Waals surface area (Å²) in [5.41, 5.74) is 0.198. The highest BCUT2D eigenvalue weighted by Gasteiger charge is 2.24. The Labute approximate surface area is 100 Å². The minimum absolute atomic E-state index is 0.155. The SMILES string of the molecule is COC(=O)c1cc2c(c(O)c1Br)OCCO2. The van der Waals surface area contributed by atoms with Crippen molar-refractivity contribution in [3.63, 3.8) is 0 Å². The van der Waals surface area contributed by atoms with Gasteiger partial charge >= 0.3 is 5.97 Å². The normalized spacial score (nSPS) is 13.4. The predicted molar refractivity (Wildman–Crippen MR) is 58.1 cm³/mol. The number of fused-ring (bicyclic) bond motifs is 1. The van der Waals surface area contributed by atoms with E-state index in [1.54, 1.807) is 0 Å². The van der Waals surface area contributed by atoms with E-state index in [4.69, 9.17) is 9.47 Å². The fourth-order valence-electron chi connectivity index (χ4n) is 1.40. The standard InChI is InChI=1S/C10H9BrO5/c1-14-10(13)5-4-6-9(8(12)7(5)11)16-3-2-15-6/h4,12H,2-3H2,1H3. The number of phenolic OH excluding ortho intramolecular Hbond substituents is 1. The minimum atomic E-state index is -0.556. The number of rotatable bonds is 1. The highest BCUT2D eigenvalue weighted by molar-refractivity contribution is 9.10. The average Bonchev–Trinajstić information content (AvgIpc) is 2.33. The molecule has 0 amide bonds. The summed E-state index contributed by atoms with van der Waals surface area (Å²) in [5, 5.41) is 9.81. The van der Waals surface area contributed by atoms with Crippen molar-refractivity contribution in [2.45, 2.75) is 0 Å². The lowest BCUT2D eigenvalue weighted by atomic mass is 10.1. The van der Waals surface area contributed by atoms with Crippen LogP contribution in [0.4, 0.5) is 0 Å². The summed E-state index contributed by atoms with van der Waals surface area (Å²) in [6.07, 6.45) is 0. The summed E-state index contributed by atoms with van der Waals surface area (Å²) in [7, 11) is 1.27. The fourth-order valence-corrected chi connectivity index (χ4v) is 1.86. The molecule has 6 heteroatoms. The zero-order valence-electron chi connectivity index (χ0n) is 8.45. The van der Waals surface area contributed by atoms with Gasteiger partial charge in [-0.05, 0) is 22.0 Å². The van der Waals surface area contributed by atoms with Gasteiger partial charge < -0.3 is 19.3 Å². The molecule has 0 fully saturated rings. The lowest BCUT2D eigenvalue weighted by Gasteiger charge is -2.20. The number of hydrogen-bond donors (Lipinski definition) is 1. The van der Waals surface area contributed by atoms with Gasteiger partial charge in [-0.1, -0.05) is 0 Å². The Morgan fingerprint density at radius 2 is 2.19 bits per heavy atom. The van der Waals surface area contributed by atoms with E-state index in [0.717, 1.165) is 0 Å². The first-order chi connectivity index (χ1) is 7.65. The second-order valence-electron chi connectivity index (χ2n) is 3.10. The molecule has 0 unspecified atom stereocenters. The van der Waals surface area contributed by atoms with Gasteiger partial charge in [0, 0.05) is 0 Å². The van der Waals surface area contributed by atoms with Gasteiger partial charge in [0.2, 0.25) is 5.75 Å². The number of hydrogen-bond acceptors (Lipinski definition) is 5. The monoisotopic (exact) mass is 288 g/mol. The molecule has 0 aliphatic carbocycles. The summed E-state index contributed by atoms with van der Waals surface area (Å²) in [5.74, 6) is -0.130. The van der Waals surface area contributed by atoms with Gasteiger partial charge in [0.15, 0.2) is 11.5 Å². The number of carbonyl (C=O) groups is 1. The predicted octanol–water partition coefficient (Wildman–Crippen LogP) is 1.71. The van der Waals surface area contributed by atoms with E-state index in [-0.39, 0.29) is 21.5 Å².